The highest BCUT2D eigenvalue weighted by Gasteiger charge is 2.22. The van der Waals surface area contributed by atoms with Crippen LogP contribution in [0.25, 0.3) is 22.3 Å². The Kier molecular flexibility index (Phi) is 3.70. The van der Waals surface area contributed by atoms with Crippen molar-refractivity contribution in [1.82, 2.24) is 14.5 Å². The maximum Gasteiger partial charge on any atom is 0.272 e. The highest BCUT2D eigenvalue weighted by molar-refractivity contribution is 5.93. The van der Waals surface area contributed by atoms with E-state index >= 15 is 0 Å². The summed E-state index contributed by atoms with van der Waals surface area (Å²) < 4.78 is 7.71. The summed E-state index contributed by atoms with van der Waals surface area (Å²) in [5.74, 6) is 0. The average molecular weight is 324 g/mol. The Morgan fingerprint density at radius 1 is 1.25 bits per heavy atom. The Morgan fingerprint density at radius 2 is 2.17 bits per heavy atom. The Bertz CT molecular complexity index is 885. The minimum Gasteiger partial charge on any atom is -0.358 e. The summed E-state index contributed by atoms with van der Waals surface area (Å²) >= 11 is 0. The third-order valence-corrected chi connectivity index (χ3v) is 4.28. The number of nitro groups is 1. The van der Waals surface area contributed by atoms with Crippen molar-refractivity contribution in [3.63, 3.8) is 0 Å². The van der Waals surface area contributed by atoms with Gasteiger partial charge in [0.1, 0.15) is 6.23 Å². The van der Waals surface area contributed by atoms with Crippen LogP contribution < -0.4 is 0 Å². The van der Waals surface area contributed by atoms with Crippen LogP contribution in [0.3, 0.4) is 0 Å². The first-order chi connectivity index (χ1) is 11.7. The van der Waals surface area contributed by atoms with Crippen molar-refractivity contribution >= 4 is 16.7 Å². The second-order valence-electron chi connectivity index (χ2n) is 5.81. The predicted octanol–water partition coefficient (Wildman–Crippen LogP) is 3.71. The molecule has 1 aliphatic heterocycles. The number of nitro benzene ring substituents is 1. The second kappa shape index (κ2) is 6.01. The van der Waals surface area contributed by atoms with Crippen LogP contribution in [-0.2, 0) is 4.74 Å². The lowest BCUT2D eigenvalue weighted by atomic mass is 10.1. The Hall–Kier alpha value is -2.80. The molecule has 1 fully saturated rings. The van der Waals surface area contributed by atoms with Crippen molar-refractivity contribution in [3.05, 3.63) is 53.0 Å². The lowest BCUT2D eigenvalue weighted by Gasteiger charge is -2.24. The molecule has 1 unspecified atom stereocenters. The zero-order chi connectivity index (χ0) is 16.5. The monoisotopic (exact) mass is 324 g/mol. The van der Waals surface area contributed by atoms with Crippen LogP contribution in [0.2, 0.25) is 0 Å². The van der Waals surface area contributed by atoms with Gasteiger partial charge >= 0.3 is 0 Å². The molecule has 122 valence electrons. The summed E-state index contributed by atoms with van der Waals surface area (Å²) in [6, 6.07) is 8.59. The summed E-state index contributed by atoms with van der Waals surface area (Å²) in [7, 11) is 0. The van der Waals surface area contributed by atoms with Crippen LogP contribution in [0.15, 0.2) is 42.9 Å². The van der Waals surface area contributed by atoms with Gasteiger partial charge in [0.05, 0.1) is 28.0 Å². The fraction of sp³-hybridized carbons (Fsp3) is 0.294. The van der Waals surface area contributed by atoms with Gasteiger partial charge in [-0.25, -0.2) is 4.98 Å². The highest BCUT2D eigenvalue weighted by atomic mass is 16.6. The van der Waals surface area contributed by atoms with Crippen molar-refractivity contribution < 1.29 is 9.66 Å². The molecule has 7 nitrogen and oxygen atoms in total. The van der Waals surface area contributed by atoms with E-state index in [-0.39, 0.29) is 16.8 Å². The van der Waals surface area contributed by atoms with Crippen molar-refractivity contribution in [3.8, 4) is 11.3 Å². The quantitative estimate of drug-likeness (QED) is 0.542. The zero-order valence-electron chi connectivity index (χ0n) is 13.0. The summed E-state index contributed by atoms with van der Waals surface area (Å²) in [5.41, 5.74) is 2.77. The van der Waals surface area contributed by atoms with Gasteiger partial charge in [0.25, 0.3) is 5.69 Å². The molecule has 3 heterocycles. The van der Waals surface area contributed by atoms with Gasteiger partial charge in [0.15, 0.2) is 0 Å². The molecule has 4 rings (SSSR count). The minimum atomic E-state index is -0.384. The predicted molar refractivity (Wildman–Crippen MR) is 88.5 cm³/mol. The van der Waals surface area contributed by atoms with Crippen LogP contribution in [0.4, 0.5) is 5.69 Å². The fourth-order valence-electron chi connectivity index (χ4n) is 3.11. The van der Waals surface area contributed by atoms with Gasteiger partial charge in [-0.15, -0.1) is 0 Å². The fourth-order valence-corrected chi connectivity index (χ4v) is 3.11. The molecule has 2 aromatic heterocycles. The molecule has 0 radical (unpaired) electrons. The molecule has 7 heteroatoms. The molecule has 3 aromatic rings. The highest BCUT2D eigenvalue weighted by Crippen LogP contribution is 2.34. The third-order valence-electron chi connectivity index (χ3n) is 4.28. The van der Waals surface area contributed by atoms with E-state index < -0.39 is 0 Å². The molecule has 0 N–H and O–H groups in total. The van der Waals surface area contributed by atoms with E-state index in [0.717, 1.165) is 19.3 Å². The number of hydrogen-bond acceptors (Lipinski definition) is 5. The van der Waals surface area contributed by atoms with Gasteiger partial charge in [-0.1, -0.05) is 6.07 Å². The first kappa shape index (κ1) is 14.8. The number of ether oxygens (including phenoxy) is 1. The maximum atomic E-state index is 11.4. The Balaban J connectivity index is 1.92. The van der Waals surface area contributed by atoms with E-state index in [1.807, 2.05) is 22.8 Å². The Morgan fingerprint density at radius 3 is 2.88 bits per heavy atom. The maximum absolute atomic E-state index is 11.4. The zero-order valence-corrected chi connectivity index (χ0v) is 13.0. The van der Waals surface area contributed by atoms with E-state index in [1.165, 1.54) is 6.07 Å². The minimum absolute atomic E-state index is 0.0284. The van der Waals surface area contributed by atoms with Crippen LogP contribution >= 0.6 is 0 Å². The lowest BCUT2D eigenvalue weighted by Crippen LogP contribution is -2.17. The first-order valence-electron chi connectivity index (χ1n) is 7.92. The van der Waals surface area contributed by atoms with Crippen LogP contribution in [0.5, 0.6) is 0 Å². The van der Waals surface area contributed by atoms with E-state index in [2.05, 4.69) is 9.97 Å². The molecule has 1 atom stereocenters. The third kappa shape index (κ3) is 2.52. The number of imidazole rings is 1. The van der Waals surface area contributed by atoms with Crippen molar-refractivity contribution in [2.75, 3.05) is 6.61 Å². The van der Waals surface area contributed by atoms with Crippen molar-refractivity contribution in [2.24, 2.45) is 0 Å². The van der Waals surface area contributed by atoms with Crippen molar-refractivity contribution in [2.45, 2.75) is 25.5 Å². The number of fused-ring (bicyclic) bond motifs is 1. The standard InChI is InChI=1S/C17H16N4O3/c22-21(23)12-9-13(14-5-1-3-7-18-14)17-15(10-12)20(11-19-17)16-6-2-4-8-24-16/h1,3,5,7,9-11,16H,2,4,6,8H2. The van der Waals surface area contributed by atoms with Gasteiger partial charge in [-0.2, -0.15) is 0 Å². The molecule has 0 bridgehead atoms. The lowest BCUT2D eigenvalue weighted by molar-refractivity contribution is -0.384. The molecule has 0 amide bonds. The second-order valence-corrected chi connectivity index (χ2v) is 5.81. The molecule has 0 aliphatic carbocycles. The summed E-state index contributed by atoms with van der Waals surface area (Å²) in [6.45, 7) is 0.701. The molecule has 0 saturated carbocycles. The van der Waals surface area contributed by atoms with E-state index in [1.54, 1.807) is 18.6 Å². The number of hydrogen-bond donors (Lipinski definition) is 0. The number of rotatable bonds is 3. The molecule has 0 spiro atoms. The largest absolute Gasteiger partial charge is 0.358 e. The summed E-state index contributed by atoms with van der Waals surface area (Å²) in [5, 5.41) is 11.4. The van der Waals surface area contributed by atoms with Gasteiger partial charge in [-0.05, 0) is 31.4 Å². The van der Waals surface area contributed by atoms with Gasteiger partial charge < -0.3 is 9.30 Å². The molecule has 1 saturated heterocycles. The number of benzene rings is 1. The van der Waals surface area contributed by atoms with E-state index in [4.69, 9.17) is 4.74 Å². The first-order valence-corrected chi connectivity index (χ1v) is 7.92. The van der Waals surface area contributed by atoms with Crippen LogP contribution in [0, 0.1) is 10.1 Å². The molecular weight excluding hydrogens is 308 g/mol. The van der Waals surface area contributed by atoms with Crippen molar-refractivity contribution in [1.29, 1.82) is 0 Å². The Labute approximate surface area is 138 Å². The topological polar surface area (TPSA) is 83.1 Å². The summed E-state index contributed by atoms with van der Waals surface area (Å²) in [4.78, 5) is 19.8. The molecule has 24 heavy (non-hydrogen) atoms. The number of pyridine rings is 1. The SMILES string of the molecule is O=[N+]([O-])c1cc(-c2ccccn2)c2ncn(C3CCCCO3)c2c1. The van der Waals surface area contributed by atoms with E-state index in [0.29, 0.717) is 28.9 Å². The molecular formula is C17H16N4O3. The molecule has 1 aromatic carbocycles. The number of non-ortho nitro benzene ring substituents is 1. The summed E-state index contributed by atoms with van der Waals surface area (Å²) in [6.07, 6.45) is 6.25. The van der Waals surface area contributed by atoms with Gasteiger partial charge in [0, 0.05) is 30.5 Å². The van der Waals surface area contributed by atoms with E-state index in [9.17, 15) is 10.1 Å². The molecule has 1 aliphatic rings. The average Bonchev–Trinajstić information content (AvgIpc) is 3.06. The normalized spacial score (nSPS) is 17.9. The van der Waals surface area contributed by atoms with Gasteiger partial charge in [0.2, 0.25) is 0 Å². The van der Waals surface area contributed by atoms with Gasteiger partial charge in [-0.3, -0.25) is 15.1 Å². The smallest absolute Gasteiger partial charge is 0.272 e. The number of nitrogens with zero attached hydrogens (tertiary/aromatic N) is 4. The number of aromatic nitrogens is 3. The van der Waals surface area contributed by atoms with Crippen LogP contribution in [-0.4, -0.2) is 26.1 Å². The van der Waals surface area contributed by atoms with Crippen LogP contribution in [0.1, 0.15) is 25.5 Å².